The standard InChI is InChI=1S/C17H17NO3/c1-20-16-14-10-6-5-7-12(14)11-15(16)18-17(19)21-13-8-3-2-4-9-13/h2-10,15-16H,11H2,1H3,(H,18,19)/t15-,16+/m1/s1. The van der Waals surface area contributed by atoms with Gasteiger partial charge in [-0.2, -0.15) is 0 Å². The number of carbonyl (C=O) groups is 1. The number of rotatable bonds is 3. The first kappa shape index (κ1) is 13.6. The van der Waals surface area contributed by atoms with Crippen molar-refractivity contribution in [2.75, 3.05) is 7.11 Å². The van der Waals surface area contributed by atoms with E-state index < -0.39 is 6.09 Å². The summed E-state index contributed by atoms with van der Waals surface area (Å²) >= 11 is 0. The van der Waals surface area contributed by atoms with Crippen molar-refractivity contribution in [1.29, 1.82) is 0 Å². The van der Waals surface area contributed by atoms with Gasteiger partial charge in [-0.15, -0.1) is 0 Å². The van der Waals surface area contributed by atoms with Crippen LogP contribution in [-0.4, -0.2) is 19.2 Å². The van der Waals surface area contributed by atoms with Crippen LogP contribution in [0.3, 0.4) is 0 Å². The summed E-state index contributed by atoms with van der Waals surface area (Å²) in [6.45, 7) is 0. The smallest absolute Gasteiger partial charge is 0.410 e. The van der Waals surface area contributed by atoms with Gasteiger partial charge in [0, 0.05) is 7.11 Å². The Hall–Kier alpha value is -2.33. The van der Waals surface area contributed by atoms with Crippen molar-refractivity contribution >= 4 is 6.09 Å². The van der Waals surface area contributed by atoms with Crippen LogP contribution in [0.1, 0.15) is 17.2 Å². The van der Waals surface area contributed by atoms with E-state index in [1.807, 2.05) is 36.4 Å². The Bertz CT molecular complexity index is 627. The average molecular weight is 283 g/mol. The summed E-state index contributed by atoms with van der Waals surface area (Å²) in [5.41, 5.74) is 2.33. The molecule has 0 heterocycles. The second-order valence-corrected chi connectivity index (χ2v) is 5.01. The van der Waals surface area contributed by atoms with Crippen molar-refractivity contribution in [2.45, 2.75) is 18.6 Å². The van der Waals surface area contributed by atoms with Crippen molar-refractivity contribution in [3.05, 3.63) is 65.7 Å². The molecule has 0 saturated heterocycles. The van der Waals surface area contributed by atoms with Crippen LogP contribution in [-0.2, 0) is 11.2 Å². The molecule has 2 aromatic rings. The van der Waals surface area contributed by atoms with Crippen LogP contribution in [0, 0.1) is 0 Å². The Labute approximate surface area is 123 Å². The maximum Gasteiger partial charge on any atom is 0.412 e. The molecule has 2 aromatic carbocycles. The lowest BCUT2D eigenvalue weighted by Gasteiger charge is -2.20. The van der Waals surface area contributed by atoms with E-state index in [0.29, 0.717) is 5.75 Å². The van der Waals surface area contributed by atoms with E-state index in [2.05, 4.69) is 11.4 Å². The van der Waals surface area contributed by atoms with E-state index in [-0.39, 0.29) is 12.1 Å². The van der Waals surface area contributed by atoms with Crippen LogP contribution in [0.4, 0.5) is 4.79 Å². The normalized spacial score (nSPS) is 19.9. The summed E-state index contributed by atoms with van der Waals surface area (Å²) in [5.74, 6) is 0.527. The van der Waals surface area contributed by atoms with Crippen LogP contribution in [0.15, 0.2) is 54.6 Å². The lowest BCUT2D eigenvalue weighted by atomic mass is 10.1. The van der Waals surface area contributed by atoms with Gasteiger partial charge in [-0.3, -0.25) is 0 Å². The minimum absolute atomic E-state index is 0.108. The van der Waals surface area contributed by atoms with Gasteiger partial charge in [0.25, 0.3) is 0 Å². The summed E-state index contributed by atoms with van der Waals surface area (Å²) in [6, 6.07) is 17.0. The van der Waals surface area contributed by atoms with E-state index in [4.69, 9.17) is 9.47 Å². The highest BCUT2D eigenvalue weighted by atomic mass is 16.6. The zero-order valence-corrected chi connectivity index (χ0v) is 11.8. The quantitative estimate of drug-likeness (QED) is 0.941. The molecule has 2 atom stereocenters. The lowest BCUT2D eigenvalue weighted by molar-refractivity contribution is 0.0778. The SMILES string of the molecule is CO[C@H]1c2ccccc2C[C@H]1NC(=O)Oc1ccccc1. The number of nitrogens with one attached hydrogen (secondary N) is 1. The molecule has 1 amide bonds. The number of methoxy groups -OCH3 is 1. The molecule has 0 bridgehead atoms. The zero-order chi connectivity index (χ0) is 14.7. The van der Waals surface area contributed by atoms with Gasteiger partial charge in [-0.1, -0.05) is 42.5 Å². The average Bonchev–Trinajstić information content (AvgIpc) is 2.85. The maximum atomic E-state index is 12.0. The number of fused-ring (bicyclic) bond motifs is 1. The molecule has 1 aliphatic rings. The summed E-state index contributed by atoms with van der Waals surface area (Å²) in [5, 5.41) is 2.89. The second kappa shape index (κ2) is 5.97. The molecule has 1 N–H and O–H groups in total. The van der Waals surface area contributed by atoms with Crippen LogP contribution < -0.4 is 10.1 Å². The Morgan fingerprint density at radius 1 is 1.10 bits per heavy atom. The first-order valence-corrected chi connectivity index (χ1v) is 6.92. The van der Waals surface area contributed by atoms with Crippen molar-refractivity contribution in [1.82, 2.24) is 5.32 Å². The molecule has 0 saturated carbocycles. The largest absolute Gasteiger partial charge is 0.412 e. The van der Waals surface area contributed by atoms with Crippen LogP contribution in [0.25, 0.3) is 0 Å². The minimum atomic E-state index is -0.457. The van der Waals surface area contributed by atoms with Gasteiger partial charge in [-0.05, 0) is 29.7 Å². The van der Waals surface area contributed by atoms with E-state index in [1.54, 1.807) is 19.2 Å². The first-order valence-electron chi connectivity index (χ1n) is 6.92. The third kappa shape index (κ3) is 2.90. The maximum absolute atomic E-state index is 12.0. The Kier molecular flexibility index (Phi) is 3.88. The lowest BCUT2D eigenvalue weighted by Crippen LogP contribution is -2.40. The fourth-order valence-electron chi connectivity index (χ4n) is 2.75. The predicted octanol–water partition coefficient (Wildman–Crippen LogP) is 3.09. The van der Waals surface area contributed by atoms with E-state index in [1.165, 1.54) is 5.56 Å². The number of hydrogen-bond acceptors (Lipinski definition) is 3. The van der Waals surface area contributed by atoms with Gasteiger partial charge in [0.2, 0.25) is 0 Å². The summed E-state index contributed by atoms with van der Waals surface area (Å²) in [7, 11) is 1.66. The highest BCUT2D eigenvalue weighted by Gasteiger charge is 2.33. The van der Waals surface area contributed by atoms with Crippen molar-refractivity contribution in [3.8, 4) is 5.75 Å². The van der Waals surface area contributed by atoms with E-state index in [0.717, 1.165) is 12.0 Å². The van der Waals surface area contributed by atoms with Gasteiger partial charge in [0.1, 0.15) is 11.9 Å². The molecule has 0 aromatic heterocycles. The van der Waals surface area contributed by atoms with Crippen molar-refractivity contribution in [2.24, 2.45) is 0 Å². The zero-order valence-electron chi connectivity index (χ0n) is 11.8. The molecular formula is C17H17NO3. The molecule has 0 aliphatic heterocycles. The molecular weight excluding hydrogens is 266 g/mol. The number of ether oxygens (including phenoxy) is 2. The molecule has 0 fully saturated rings. The van der Waals surface area contributed by atoms with Crippen molar-refractivity contribution in [3.63, 3.8) is 0 Å². The highest BCUT2D eigenvalue weighted by Crippen LogP contribution is 2.33. The third-order valence-electron chi connectivity index (χ3n) is 3.68. The molecule has 0 radical (unpaired) electrons. The molecule has 4 nitrogen and oxygen atoms in total. The third-order valence-corrected chi connectivity index (χ3v) is 3.68. The van der Waals surface area contributed by atoms with E-state index in [9.17, 15) is 4.79 Å². The number of para-hydroxylation sites is 1. The second-order valence-electron chi connectivity index (χ2n) is 5.01. The fraction of sp³-hybridized carbons (Fsp3) is 0.235. The summed E-state index contributed by atoms with van der Waals surface area (Å²) in [4.78, 5) is 12.0. The molecule has 21 heavy (non-hydrogen) atoms. The number of benzene rings is 2. The Morgan fingerprint density at radius 2 is 1.81 bits per heavy atom. The summed E-state index contributed by atoms with van der Waals surface area (Å²) < 4.78 is 10.8. The molecule has 108 valence electrons. The van der Waals surface area contributed by atoms with Crippen LogP contribution in [0.5, 0.6) is 5.75 Å². The molecule has 3 rings (SSSR count). The monoisotopic (exact) mass is 283 g/mol. The fourth-order valence-corrected chi connectivity index (χ4v) is 2.75. The van der Waals surface area contributed by atoms with Gasteiger partial charge in [-0.25, -0.2) is 4.79 Å². The minimum Gasteiger partial charge on any atom is -0.410 e. The van der Waals surface area contributed by atoms with Gasteiger partial charge in [0.15, 0.2) is 0 Å². The van der Waals surface area contributed by atoms with Gasteiger partial charge in [0.05, 0.1) is 6.04 Å². The Morgan fingerprint density at radius 3 is 2.57 bits per heavy atom. The topological polar surface area (TPSA) is 47.6 Å². The van der Waals surface area contributed by atoms with Crippen LogP contribution in [0.2, 0.25) is 0 Å². The van der Waals surface area contributed by atoms with Crippen molar-refractivity contribution < 1.29 is 14.3 Å². The number of carbonyl (C=O) groups excluding carboxylic acids is 1. The molecule has 0 spiro atoms. The van der Waals surface area contributed by atoms with Gasteiger partial charge >= 0.3 is 6.09 Å². The summed E-state index contributed by atoms with van der Waals surface area (Å²) in [6.07, 6.45) is 0.157. The molecule has 1 aliphatic carbocycles. The Balaban J connectivity index is 1.67. The number of hydrogen-bond donors (Lipinski definition) is 1. The predicted molar refractivity (Wildman–Crippen MR) is 79.3 cm³/mol. The van der Waals surface area contributed by atoms with E-state index >= 15 is 0 Å². The van der Waals surface area contributed by atoms with Crippen LogP contribution >= 0.6 is 0 Å². The molecule has 0 unspecified atom stereocenters. The van der Waals surface area contributed by atoms with Gasteiger partial charge < -0.3 is 14.8 Å². The highest BCUT2D eigenvalue weighted by molar-refractivity contribution is 5.71. The molecule has 4 heteroatoms. The number of amides is 1. The first-order chi connectivity index (χ1) is 10.3.